The van der Waals surface area contributed by atoms with Crippen LogP contribution in [0.15, 0.2) is 24.5 Å². The Bertz CT molecular complexity index is 751. The van der Waals surface area contributed by atoms with Gasteiger partial charge in [-0.05, 0) is 25.3 Å². The maximum atomic E-state index is 12.2. The minimum Gasteiger partial charge on any atom is -0.350 e. The number of rotatable bonds is 6. The van der Waals surface area contributed by atoms with Crippen molar-refractivity contribution in [2.75, 3.05) is 6.54 Å². The van der Waals surface area contributed by atoms with Crippen molar-refractivity contribution in [1.82, 2.24) is 20.1 Å². The van der Waals surface area contributed by atoms with Crippen LogP contribution in [0.2, 0.25) is 0 Å². The van der Waals surface area contributed by atoms with Gasteiger partial charge in [-0.1, -0.05) is 6.07 Å². The number of nitrogens with zero attached hydrogens (tertiary/aromatic N) is 4. The first-order valence-corrected chi connectivity index (χ1v) is 7.47. The molecule has 0 aliphatic heterocycles. The molecule has 23 heavy (non-hydrogen) atoms. The average Bonchev–Trinajstić information content (AvgIpc) is 3.26. The van der Waals surface area contributed by atoms with Gasteiger partial charge in [-0.2, -0.15) is 0 Å². The molecule has 8 nitrogen and oxygen atoms in total. The quantitative estimate of drug-likeness (QED) is 0.646. The van der Waals surface area contributed by atoms with Crippen molar-refractivity contribution in [1.29, 1.82) is 0 Å². The van der Waals surface area contributed by atoms with Gasteiger partial charge in [0.15, 0.2) is 0 Å². The van der Waals surface area contributed by atoms with Crippen LogP contribution < -0.4 is 5.32 Å². The summed E-state index contributed by atoms with van der Waals surface area (Å²) in [6, 6.07) is 4.28. The third-order valence-electron chi connectivity index (χ3n) is 3.90. The van der Waals surface area contributed by atoms with Crippen molar-refractivity contribution in [2.24, 2.45) is 0 Å². The minimum atomic E-state index is -0.505. The van der Waals surface area contributed by atoms with E-state index in [9.17, 15) is 14.9 Å². The number of carbonyl (C=O) groups is 1. The molecule has 2 aromatic rings. The number of hydrogen-bond acceptors (Lipinski definition) is 5. The molecule has 1 aliphatic carbocycles. The number of amides is 1. The zero-order valence-corrected chi connectivity index (χ0v) is 12.7. The predicted molar refractivity (Wildman–Crippen MR) is 82.2 cm³/mol. The summed E-state index contributed by atoms with van der Waals surface area (Å²) in [4.78, 5) is 22.5. The zero-order valence-electron chi connectivity index (χ0n) is 12.7. The van der Waals surface area contributed by atoms with Crippen LogP contribution in [-0.2, 0) is 6.54 Å². The average molecular weight is 315 g/mol. The third-order valence-corrected chi connectivity index (χ3v) is 3.90. The van der Waals surface area contributed by atoms with E-state index in [2.05, 4.69) is 15.5 Å². The van der Waals surface area contributed by atoms with Crippen LogP contribution in [0.25, 0.3) is 0 Å². The van der Waals surface area contributed by atoms with Gasteiger partial charge in [0, 0.05) is 36.7 Å². The molecule has 120 valence electrons. The highest BCUT2D eigenvalue weighted by Crippen LogP contribution is 2.38. The Hall–Kier alpha value is -2.77. The molecule has 1 N–H and O–H groups in total. The van der Waals surface area contributed by atoms with Crippen molar-refractivity contribution < 1.29 is 9.72 Å². The summed E-state index contributed by atoms with van der Waals surface area (Å²) in [7, 11) is 0. The molecule has 0 spiro atoms. The molecule has 0 unspecified atom stereocenters. The molecular formula is C15H17N5O3. The normalized spacial score (nSPS) is 13.8. The van der Waals surface area contributed by atoms with Gasteiger partial charge in [0.25, 0.3) is 11.6 Å². The summed E-state index contributed by atoms with van der Waals surface area (Å²) in [5.74, 6) is 1.14. The fourth-order valence-corrected chi connectivity index (χ4v) is 2.45. The van der Waals surface area contributed by atoms with Gasteiger partial charge >= 0.3 is 0 Å². The van der Waals surface area contributed by atoms with Crippen LogP contribution >= 0.6 is 0 Å². The first kappa shape index (κ1) is 15.1. The van der Waals surface area contributed by atoms with Crippen molar-refractivity contribution in [2.45, 2.75) is 32.2 Å². The van der Waals surface area contributed by atoms with Crippen LogP contribution in [0.3, 0.4) is 0 Å². The molecule has 1 saturated carbocycles. The molecule has 1 heterocycles. The molecule has 1 aromatic heterocycles. The maximum absolute atomic E-state index is 12.2. The van der Waals surface area contributed by atoms with E-state index in [1.807, 2.05) is 4.57 Å². The molecule has 1 aliphatic rings. The number of nitro groups is 1. The number of non-ortho nitro benzene ring substituents is 1. The second kappa shape index (κ2) is 6.15. The van der Waals surface area contributed by atoms with E-state index >= 15 is 0 Å². The van der Waals surface area contributed by atoms with Gasteiger partial charge in [0.05, 0.1) is 4.92 Å². The zero-order chi connectivity index (χ0) is 16.4. The first-order valence-electron chi connectivity index (χ1n) is 7.47. The molecule has 8 heteroatoms. The monoisotopic (exact) mass is 315 g/mol. The standard InChI is InChI=1S/C15H17N5O3/c1-10-2-5-12(20(22)23)8-13(10)15(21)16-6-7-19-9-17-18-14(19)11-3-4-11/h2,5,8-9,11H,3-4,6-7H2,1H3,(H,16,21). The summed E-state index contributed by atoms with van der Waals surface area (Å²) in [5, 5.41) is 21.6. The largest absolute Gasteiger partial charge is 0.350 e. The molecule has 1 amide bonds. The van der Waals surface area contributed by atoms with E-state index in [0.717, 1.165) is 18.7 Å². The smallest absolute Gasteiger partial charge is 0.270 e. The first-order chi connectivity index (χ1) is 11.1. The van der Waals surface area contributed by atoms with E-state index in [1.165, 1.54) is 12.1 Å². The third kappa shape index (κ3) is 3.36. The lowest BCUT2D eigenvalue weighted by molar-refractivity contribution is -0.384. The van der Waals surface area contributed by atoms with E-state index in [0.29, 0.717) is 30.1 Å². The molecule has 0 atom stereocenters. The minimum absolute atomic E-state index is 0.0874. The molecule has 1 fully saturated rings. The highest BCUT2D eigenvalue weighted by molar-refractivity contribution is 5.96. The van der Waals surface area contributed by atoms with Crippen molar-refractivity contribution in [3.05, 3.63) is 51.6 Å². The SMILES string of the molecule is Cc1ccc([N+](=O)[O-])cc1C(=O)NCCn1cnnc1C1CC1. The Kier molecular flexibility index (Phi) is 4.05. The topological polar surface area (TPSA) is 103 Å². The van der Waals surface area contributed by atoms with Crippen LogP contribution in [0.1, 0.15) is 40.5 Å². The Morgan fingerprint density at radius 2 is 2.26 bits per heavy atom. The van der Waals surface area contributed by atoms with Gasteiger partial charge < -0.3 is 9.88 Å². The molecule has 1 aromatic carbocycles. The van der Waals surface area contributed by atoms with Gasteiger partial charge in [-0.3, -0.25) is 14.9 Å². The number of carbonyl (C=O) groups excluding carboxylic acids is 1. The van der Waals surface area contributed by atoms with Gasteiger partial charge in [0.1, 0.15) is 12.2 Å². The number of hydrogen-bond donors (Lipinski definition) is 1. The summed E-state index contributed by atoms with van der Waals surface area (Å²) in [6.45, 7) is 2.75. The van der Waals surface area contributed by atoms with Crippen LogP contribution in [0.5, 0.6) is 0 Å². The summed E-state index contributed by atoms with van der Waals surface area (Å²) < 4.78 is 1.94. The number of nitrogens with one attached hydrogen (secondary N) is 1. The highest BCUT2D eigenvalue weighted by atomic mass is 16.6. The highest BCUT2D eigenvalue weighted by Gasteiger charge is 2.28. The van der Waals surface area contributed by atoms with Crippen molar-refractivity contribution >= 4 is 11.6 Å². The Morgan fingerprint density at radius 3 is 2.96 bits per heavy atom. The van der Waals surface area contributed by atoms with E-state index in [-0.39, 0.29) is 11.6 Å². The predicted octanol–water partition coefficient (Wildman–Crippen LogP) is 1.80. The van der Waals surface area contributed by atoms with Crippen LogP contribution in [-0.4, -0.2) is 32.1 Å². The molecular weight excluding hydrogens is 298 g/mol. The Morgan fingerprint density at radius 1 is 1.48 bits per heavy atom. The van der Waals surface area contributed by atoms with Crippen molar-refractivity contribution in [3.8, 4) is 0 Å². The summed E-state index contributed by atoms with van der Waals surface area (Å²) in [5.41, 5.74) is 0.942. The number of aromatic nitrogens is 3. The molecule has 0 radical (unpaired) electrons. The Labute approximate surface area is 132 Å². The number of aryl methyl sites for hydroxylation is 1. The maximum Gasteiger partial charge on any atom is 0.270 e. The second-order valence-corrected chi connectivity index (χ2v) is 5.67. The van der Waals surface area contributed by atoms with E-state index < -0.39 is 4.92 Å². The van der Waals surface area contributed by atoms with Gasteiger partial charge in [-0.15, -0.1) is 10.2 Å². The molecule has 3 rings (SSSR count). The Balaban J connectivity index is 1.62. The van der Waals surface area contributed by atoms with Crippen LogP contribution in [0, 0.1) is 17.0 Å². The van der Waals surface area contributed by atoms with E-state index in [4.69, 9.17) is 0 Å². The van der Waals surface area contributed by atoms with Gasteiger partial charge in [0.2, 0.25) is 0 Å². The number of nitro benzene ring substituents is 1. The summed E-state index contributed by atoms with van der Waals surface area (Å²) in [6.07, 6.45) is 3.94. The fraction of sp³-hybridized carbons (Fsp3) is 0.400. The molecule has 0 bridgehead atoms. The molecule has 0 saturated heterocycles. The number of benzene rings is 1. The lowest BCUT2D eigenvalue weighted by Gasteiger charge is -2.09. The van der Waals surface area contributed by atoms with Gasteiger partial charge in [-0.25, -0.2) is 0 Å². The summed E-state index contributed by atoms with van der Waals surface area (Å²) >= 11 is 0. The lowest BCUT2D eigenvalue weighted by atomic mass is 10.1. The van der Waals surface area contributed by atoms with Crippen molar-refractivity contribution in [3.63, 3.8) is 0 Å². The van der Waals surface area contributed by atoms with E-state index in [1.54, 1.807) is 19.3 Å². The fourth-order valence-electron chi connectivity index (χ4n) is 2.45. The second-order valence-electron chi connectivity index (χ2n) is 5.67. The lowest BCUT2D eigenvalue weighted by Crippen LogP contribution is -2.28. The van der Waals surface area contributed by atoms with Crippen LogP contribution in [0.4, 0.5) is 5.69 Å².